The number of aryl methyl sites for hydroxylation is 2. The molecule has 0 saturated carbocycles. The third-order valence-corrected chi connectivity index (χ3v) is 8.03. The molecular weight excluding hydrogens is 506 g/mol. The molecule has 2 N–H and O–H groups in total. The molecule has 8 nitrogen and oxygen atoms in total. The fourth-order valence-corrected chi connectivity index (χ4v) is 5.82. The molecule has 1 aliphatic rings. The first kappa shape index (κ1) is 25.3. The Balaban J connectivity index is 1.13. The van der Waals surface area contributed by atoms with Gasteiger partial charge >= 0.3 is 0 Å². The van der Waals surface area contributed by atoms with Gasteiger partial charge in [0.15, 0.2) is 5.65 Å². The molecule has 5 aromatic rings. The number of hydrogen-bond acceptors (Lipinski definition) is 8. The van der Waals surface area contributed by atoms with E-state index in [-0.39, 0.29) is 0 Å². The Kier molecular flexibility index (Phi) is 7.42. The number of likely N-dealkylation sites (tertiary alicyclic amines) is 1. The van der Waals surface area contributed by atoms with Crippen LogP contribution in [0.2, 0.25) is 0 Å². The predicted octanol–water partition coefficient (Wildman–Crippen LogP) is 6.30. The van der Waals surface area contributed by atoms with Crippen LogP contribution in [0.3, 0.4) is 0 Å². The van der Waals surface area contributed by atoms with Gasteiger partial charge in [0.1, 0.15) is 12.4 Å². The molecule has 0 atom stereocenters. The van der Waals surface area contributed by atoms with E-state index in [0.717, 1.165) is 57.8 Å². The van der Waals surface area contributed by atoms with Gasteiger partial charge in [0.25, 0.3) is 0 Å². The topological polar surface area (TPSA) is 79.6 Å². The highest BCUT2D eigenvalue weighted by Crippen LogP contribution is 2.26. The Hall–Kier alpha value is -3.95. The van der Waals surface area contributed by atoms with Crippen molar-refractivity contribution in [1.29, 1.82) is 0 Å². The molecule has 2 aromatic carbocycles. The molecule has 200 valence electrons. The van der Waals surface area contributed by atoms with E-state index in [1.807, 2.05) is 47.8 Å². The molecule has 1 fully saturated rings. The van der Waals surface area contributed by atoms with Crippen LogP contribution >= 0.6 is 11.3 Å². The van der Waals surface area contributed by atoms with Gasteiger partial charge in [-0.3, -0.25) is 4.90 Å². The van der Waals surface area contributed by atoms with Crippen LogP contribution in [0.1, 0.15) is 28.4 Å². The van der Waals surface area contributed by atoms with E-state index in [1.54, 1.807) is 11.3 Å². The molecule has 0 aliphatic carbocycles. The maximum absolute atomic E-state index is 5.93. The lowest BCUT2D eigenvalue weighted by molar-refractivity contribution is 0.238. The van der Waals surface area contributed by atoms with Crippen LogP contribution in [-0.2, 0) is 6.54 Å². The number of fused-ring (bicyclic) bond motifs is 1. The number of rotatable bonds is 10. The number of nitrogens with one attached hydrogen (secondary N) is 2. The minimum Gasteiger partial charge on any atom is -0.492 e. The van der Waals surface area contributed by atoms with Crippen molar-refractivity contribution in [2.75, 3.05) is 36.9 Å². The first-order valence-electron chi connectivity index (χ1n) is 13.5. The maximum Gasteiger partial charge on any atom is 0.247 e. The largest absolute Gasteiger partial charge is 0.492 e. The second-order valence-corrected chi connectivity index (χ2v) is 11.1. The Morgan fingerprint density at radius 1 is 0.923 bits per heavy atom. The number of hydrogen-bond donors (Lipinski definition) is 2. The van der Waals surface area contributed by atoms with Gasteiger partial charge in [-0.1, -0.05) is 18.2 Å². The van der Waals surface area contributed by atoms with Crippen molar-refractivity contribution in [1.82, 2.24) is 24.5 Å². The lowest BCUT2D eigenvalue weighted by Crippen LogP contribution is -2.25. The van der Waals surface area contributed by atoms with Crippen molar-refractivity contribution >= 4 is 34.3 Å². The molecule has 1 aliphatic heterocycles. The van der Waals surface area contributed by atoms with Crippen LogP contribution in [-0.4, -0.2) is 50.7 Å². The summed E-state index contributed by atoms with van der Waals surface area (Å²) < 4.78 is 7.82. The van der Waals surface area contributed by atoms with Crippen LogP contribution < -0.4 is 15.4 Å². The molecule has 0 unspecified atom stereocenters. The fourth-order valence-electron chi connectivity index (χ4n) is 4.95. The highest BCUT2D eigenvalue weighted by molar-refractivity contribution is 7.11. The summed E-state index contributed by atoms with van der Waals surface area (Å²) in [6.07, 6.45) is 2.60. The first-order chi connectivity index (χ1) is 19.1. The molecule has 1 saturated heterocycles. The van der Waals surface area contributed by atoms with Crippen LogP contribution in [0.25, 0.3) is 16.9 Å². The summed E-state index contributed by atoms with van der Waals surface area (Å²) in [7, 11) is 0. The van der Waals surface area contributed by atoms with Gasteiger partial charge in [-0.2, -0.15) is 4.98 Å². The Morgan fingerprint density at radius 3 is 2.54 bits per heavy atom. The second-order valence-electron chi connectivity index (χ2n) is 9.84. The third kappa shape index (κ3) is 6.05. The smallest absolute Gasteiger partial charge is 0.247 e. The third-order valence-electron chi connectivity index (χ3n) is 6.96. The first-order valence-corrected chi connectivity index (χ1v) is 14.3. The number of benzene rings is 2. The average molecular weight is 540 g/mol. The van der Waals surface area contributed by atoms with Gasteiger partial charge in [-0.15, -0.1) is 16.4 Å². The molecule has 0 bridgehead atoms. The maximum atomic E-state index is 5.93. The van der Waals surface area contributed by atoms with Gasteiger partial charge in [-0.05, 0) is 88.3 Å². The minimum absolute atomic E-state index is 0.551. The molecule has 4 heterocycles. The van der Waals surface area contributed by atoms with Crippen molar-refractivity contribution in [2.45, 2.75) is 33.2 Å². The lowest BCUT2D eigenvalue weighted by Gasteiger charge is -2.15. The van der Waals surface area contributed by atoms with Gasteiger partial charge in [-0.25, -0.2) is 9.50 Å². The van der Waals surface area contributed by atoms with Crippen molar-refractivity contribution in [3.63, 3.8) is 0 Å². The van der Waals surface area contributed by atoms with E-state index < -0.39 is 0 Å². The summed E-state index contributed by atoms with van der Waals surface area (Å²) in [4.78, 5) is 12.9. The fraction of sp³-hybridized carbons (Fsp3) is 0.300. The summed E-state index contributed by atoms with van der Waals surface area (Å²) >= 11 is 1.74. The van der Waals surface area contributed by atoms with Crippen LogP contribution in [0.4, 0.5) is 17.3 Å². The van der Waals surface area contributed by atoms with Gasteiger partial charge in [0.05, 0.1) is 22.9 Å². The van der Waals surface area contributed by atoms with Crippen molar-refractivity contribution in [3.05, 3.63) is 82.3 Å². The van der Waals surface area contributed by atoms with Gasteiger partial charge in [0.2, 0.25) is 5.95 Å². The molecule has 39 heavy (non-hydrogen) atoms. The van der Waals surface area contributed by atoms with E-state index in [2.05, 4.69) is 57.8 Å². The van der Waals surface area contributed by atoms with Crippen molar-refractivity contribution in [3.8, 4) is 17.0 Å². The van der Waals surface area contributed by atoms with Gasteiger partial charge < -0.3 is 15.4 Å². The van der Waals surface area contributed by atoms with E-state index in [1.165, 1.54) is 30.8 Å². The van der Waals surface area contributed by atoms with E-state index in [0.29, 0.717) is 12.6 Å². The Morgan fingerprint density at radius 2 is 1.74 bits per heavy atom. The zero-order valence-corrected chi connectivity index (χ0v) is 23.2. The minimum atomic E-state index is 0.551. The highest BCUT2D eigenvalue weighted by Gasteiger charge is 2.12. The number of aromatic nitrogens is 4. The normalized spacial score (nSPS) is 13.7. The molecule has 6 rings (SSSR count). The number of thiazole rings is 1. The van der Waals surface area contributed by atoms with Gasteiger partial charge in [0, 0.05) is 28.4 Å². The Labute approximate surface area is 232 Å². The number of anilines is 3. The standard InChI is InChI=1S/C30H33N7OS/c1-21-28(39-22(2)32-21)20-31-25-8-5-7-23(19-25)27-9-6-10-29-34-30(35-37(27)29)33-24-11-13-26(14-12-24)38-18-17-36-15-3-4-16-36/h5-14,19,31H,3-4,15-18,20H2,1-2H3,(H,33,35). The van der Waals surface area contributed by atoms with E-state index in [9.17, 15) is 0 Å². The zero-order chi connectivity index (χ0) is 26.6. The zero-order valence-electron chi connectivity index (χ0n) is 22.4. The molecular formula is C30H33N7OS. The lowest BCUT2D eigenvalue weighted by atomic mass is 10.1. The van der Waals surface area contributed by atoms with Crippen LogP contribution in [0, 0.1) is 13.8 Å². The van der Waals surface area contributed by atoms with E-state index >= 15 is 0 Å². The predicted molar refractivity (Wildman–Crippen MR) is 158 cm³/mol. The quantitative estimate of drug-likeness (QED) is 0.216. The summed E-state index contributed by atoms with van der Waals surface area (Å²) in [5.41, 5.74) is 5.88. The van der Waals surface area contributed by atoms with Crippen molar-refractivity contribution in [2.24, 2.45) is 0 Å². The number of pyridine rings is 1. The Bertz CT molecular complexity index is 1550. The molecule has 0 radical (unpaired) electrons. The number of nitrogens with zero attached hydrogens (tertiary/aromatic N) is 5. The average Bonchev–Trinajstić information content (AvgIpc) is 3.68. The molecule has 3 aromatic heterocycles. The summed E-state index contributed by atoms with van der Waals surface area (Å²) in [5.74, 6) is 1.43. The van der Waals surface area contributed by atoms with Crippen LogP contribution in [0.5, 0.6) is 5.75 Å². The summed E-state index contributed by atoms with van der Waals surface area (Å²) in [6.45, 7) is 8.94. The van der Waals surface area contributed by atoms with Crippen LogP contribution in [0.15, 0.2) is 66.7 Å². The summed E-state index contributed by atoms with van der Waals surface area (Å²) in [5, 5.41) is 12.7. The molecule has 0 amide bonds. The van der Waals surface area contributed by atoms with E-state index in [4.69, 9.17) is 14.8 Å². The number of ether oxygens (including phenoxy) is 1. The monoisotopic (exact) mass is 539 g/mol. The van der Waals surface area contributed by atoms with Crippen molar-refractivity contribution < 1.29 is 4.74 Å². The SMILES string of the molecule is Cc1nc(C)c(CNc2cccc(-c3cccc4nc(Nc5ccc(OCCN6CCCC6)cc5)nn34)c2)s1. The second kappa shape index (κ2) is 11.4. The highest BCUT2D eigenvalue weighted by atomic mass is 32.1. The summed E-state index contributed by atoms with van der Waals surface area (Å²) in [6, 6.07) is 22.4. The molecule has 9 heteroatoms. The molecule has 0 spiro atoms.